The summed E-state index contributed by atoms with van der Waals surface area (Å²) in [4.78, 5) is 38.9. The highest BCUT2D eigenvalue weighted by Crippen LogP contribution is 2.49. The summed E-state index contributed by atoms with van der Waals surface area (Å²) in [6.45, 7) is 2.25. The Hall–Kier alpha value is -2.63. The molecule has 3 amide bonds. The van der Waals surface area contributed by atoms with Crippen molar-refractivity contribution < 1.29 is 19.1 Å². The maximum absolute atomic E-state index is 12.7. The monoisotopic (exact) mass is 354 g/mol. The molecule has 0 aromatic heterocycles. The molecule has 2 bridgehead atoms. The van der Waals surface area contributed by atoms with Crippen molar-refractivity contribution in [2.45, 2.75) is 19.8 Å². The SMILES string of the molecule is CCOc1ccc(NC(=O)CN2C(=O)[C@H]3[C@H](C2=O)[C@H]2C=C[C@H]3CC2)cc1. The van der Waals surface area contributed by atoms with Crippen molar-refractivity contribution in [2.24, 2.45) is 23.7 Å². The molecule has 0 radical (unpaired) electrons. The molecule has 1 aromatic rings. The Bertz CT molecular complexity index is 739. The molecular weight excluding hydrogens is 332 g/mol. The van der Waals surface area contributed by atoms with Crippen molar-refractivity contribution in [3.63, 3.8) is 0 Å². The van der Waals surface area contributed by atoms with Crippen LogP contribution in [0.25, 0.3) is 0 Å². The predicted octanol–water partition coefficient (Wildman–Crippen LogP) is 2.22. The van der Waals surface area contributed by atoms with E-state index >= 15 is 0 Å². The Morgan fingerprint density at radius 2 is 1.65 bits per heavy atom. The number of carbonyl (C=O) groups excluding carboxylic acids is 3. The fourth-order valence-electron chi connectivity index (χ4n) is 4.44. The fourth-order valence-corrected chi connectivity index (χ4v) is 4.44. The summed E-state index contributed by atoms with van der Waals surface area (Å²) in [6, 6.07) is 7.01. The largest absolute Gasteiger partial charge is 0.494 e. The lowest BCUT2D eigenvalue weighted by Gasteiger charge is -2.38. The van der Waals surface area contributed by atoms with E-state index in [1.165, 1.54) is 0 Å². The quantitative estimate of drug-likeness (QED) is 0.650. The van der Waals surface area contributed by atoms with Gasteiger partial charge in [0.25, 0.3) is 0 Å². The van der Waals surface area contributed by atoms with Gasteiger partial charge in [0.2, 0.25) is 17.7 Å². The molecule has 1 saturated heterocycles. The molecule has 6 heteroatoms. The van der Waals surface area contributed by atoms with Gasteiger partial charge < -0.3 is 10.1 Å². The zero-order chi connectivity index (χ0) is 18.3. The Balaban J connectivity index is 1.42. The standard InChI is InChI=1S/C20H22N2O4/c1-2-26-15-9-7-14(8-10-15)21-16(23)11-22-19(24)17-12-3-4-13(6-5-12)18(17)20(22)25/h3-4,7-10,12-13,17-18H,2,5-6,11H2,1H3,(H,21,23)/t12-,13-,17+,18+/m0/s1. The lowest BCUT2D eigenvalue weighted by Crippen LogP contribution is -2.38. The second kappa shape index (κ2) is 6.59. The molecule has 1 aromatic carbocycles. The third kappa shape index (κ3) is 2.79. The second-order valence-corrected chi connectivity index (χ2v) is 7.11. The number of nitrogens with zero attached hydrogens (tertiary/aromatic N) is 1. The van der Waals surface area contributed by atoms with E-state index in [-0.39, 0.29) is 47.9 Å². The predicted molar refractivity (Wildman–Crippen MR) is 95.3 cm³/mol. The molecule has 1 aliphatic heterocycles. The van der Waals surface area contributed by atoms with E-state index in [9.17, 15) is 14.4 Å². The number of likely N-dealkylation sites (tertiary alicyclic amines) is 1. The van der Waals surface area contributed by atoms with Gasteiger partial charge in [-0.3, -0.25) is 19.3 Å². The van der Waals surface area contributed by atoms with Crippen LogP contribution in [0.3, 0.4) is 0 Å². The summed E-state index contributed by atoms with van der Waals surface area (Å²) in [5.74, 6) is -0.297. The van der Waals surface area contributed by atoms with Gasteiger partial charge in [0, 0.05) is 5.69 Å². The zero-order valence-corrected chi connectivity index (χ0v) is 14.7. The van der Waals surface area contributed by atoms with E-state index in [2.05, 4.69) is 17.5 Å². The van der Waals surface area contributed by atoms with Gasteiger partial charge in [0.05, 0.1) is 18.4 Å². The van der Waals surface area contributed by atoms with Crippen molar-refractivity contribution in [3.05, 3.63) is 36.4 Å². The van der Waals surface area contributed by atoms with Crippen molar-refractivity contribution in [1.82, 2.24) is 4.90 Å². The lowest BCUT2D eigenvalue weighted by atomic mass is 9.63. The molecule has 1 N–H and O–H groups in total. The molecule has 5 rings (SSSR count). The van der Waals surface area contributed by atoms with Crippen molar-refractivity contribution in [2.75, 3.05) is 18.5 Å². The fraction of sp³-hybridized carbons (Fsp3) is 0.450. The van der Waals surface area contributed by atoms with Crippen LogP contribution in [-0.2, 0) is 14.4 Å². The van der Waals surface area contributed by atoms with Crippen molar-refractivity contribution in [3.8, 4) is 5.75 Å². The first kappa shape index (κ1) is 16.8. The molecule has 6 nitrogen and oxygen atoms in total. The van der Waals surface area contributed by atoms with E-state index in [0.29, 0.717) is 12.3 Å². The molecule has 26 heavy (non-hydrogen) atoms. The van der Waals surface area contributed by atoms with Gasteiger partial charge >= 0.3 is 0 Å². The second-order valence-electron chi connectivity index (χ2n) is 7.11. The minimum absolute atomic E-state index is 0.139. The number of carbonyl (C=O) groups is 3. The van der Waals surface area contributed by atoms with Crippen LogP contribution in [0.15, 0.2) is 36.4 Å². The summed E-state index contributed by atoms with van der Waals surface area (Å²) >= 11 is 0. The first-order valence-corrected chi connectivity index (χ1v) is 9.14. The third-order valence-electron chi connectivity index (χ3n) is 5.60. The maximum atomic E-state index is 12.7. The molecule has 4 aliphatic rings. The van der Waals surface area contributed by atoms with E-state index < -0.39 is 0 Å². The van der Waals surface area contributed by atoms with Crippen LogP contribution < -0.4 is 10.1 Å². The number of hydrogen-bond donors (Lipinski definition) is 1. The van der Waals surface area contributed by atoms with E-state index in [1.54, 1.807) is 24.3 Å². The normalized spacial score (nSPS) is 29.0. The average molecular weight is 354 g/mol. The van der Waals surface area contributed by atoms with Crippen LogP contribution in [0.5, 0.6) is 5.75 Å². The number of fused-ring (bicyclic) bond motifs is 1. The van der Waals surface area contributed by atoms with E-state index in [1.807, 2.05) is 6.92 Å². The van der Waals surface area contributed by atoms with Gasteiger partial charge in [-0.05, 0) is 55.9 Å². The molecule has 1 saturated carbocycles. The first-order valence-electron chi connectivity index (χ1n) is 9.14. The van der Waals surface area contributed by atoms with Crippen LogP contribution >= 0.6 is 0 Å². The minimum Gasteiger partial charge on any atom is -0.494 e. The number of rotatable bonds is 5. The topological polar surface area (TPSA) is 75.7 Å². The molecule has 1 heterocycles. The first-order chi connectivity index (χ1) is 12.6. The molecular formula is C20H22N2O4. The number of hydrogen-bond acceptors (Lipinski definition) is 4. The van der Waals surface area contributed by atoms with Crippen LogP contribution in [0.1, 0.15) is 19.8 Å². The number of amides is 3. The smallest absolute Gasteiger partial charge is 0.244 e. The van der Waals surface area contributed by atoms with Gasteiger partial charge in [-0.1, -0.05) is 12.2 Å². The van der Waals surface area contributed by atoms with Gasteiger partial charge in [-0.2, -0.15) is 0 Å². The Labute approximate surface area is 152 Å². The highest BCUT2D eigenvalue weighted by Gasteiger charge is 2.56. The summed E-state index contributed by atoms with van der Waals surface area (Å²) in [7, 11) is 0. The lowest BCUT2D eigenvalue weighted by molar-refractivity contribution is -0.142. The van der Waals surface area contributed by atoms with Crippen LogP contribution in [0.2, 0.25) is 0 Å². The molecule has 4 atom stereocenters. The molecule has 2 fully saturated rings. The van der Waals surface area contributed by atoms with Gasteiger partial charge in [0.15, 0.2) is 0 Å². The highest BCUT2D eigenvalue weighted by atomic mass is 16.5. The summed E-state index contributed by atoms with van der Waals surface area (Å²) in [5.41, 5.74) is 0.608. The highest BCUT2D eigenvalue weighted by molar-refractivity contribution is 6.09. The third-order valence-corrected chi connectivity index (χ3v) is 5.60. The molecule has 136 valence electrons. The number of anilines is 1. The zero-order valence-electron chi connectivity index (χ0n) is 14.7. The maximum Gasteiger partial charge on any atom is 0.244 e. The minimum atomic E-state index is -0.366. The number of ether oxygens (including phenoxy) is 1. The Morgan fingerprint density at radius 3 is 2.15 bits per heavy atom. The Kier molecular flexibility index (Phi) is 4.26. The van der Waals surface area contributed by atoms with Gasteiger partial charge in [0.1, 0.15) is 12.3 Å². The van der Waals surface area contributed by atoms with Crippen LogP contribution in [0, 0.1) is 23.7 Å². The van der Waals surface area contributed by atoms with E-state index in [4.69, 9.17) is 4.74 Å². The number of allylic oxidation sites excluding steroid dienone is 2. The summed E-state index contributed by atoms with van der Waals surface area (Å²) < 4.78 is 5.37. The number of nitrogens with one attached hydrogen (secondary N) is 1. The van der Waals surface area contributed by atoms with Crippen molar-refractivity contribution >= 4 is 23.4 Å². The van der Waals surface area contributed by atoms with Gasteiger partial charge in [-0.25, -0.2) is 0 Å². The molecule has 3 aliphatic carbocycles. The van der Waals surface area contributed by atoms with Crippen LogP contribution in [-0.4, -0.2) is 35.8 Å². The van der Waals surface area contributed by atoms with Crippen molar-refractivity contribution in [1.29, 1.82) is 0 Å². The molecule has 0 spiro atoms. The average Bonchev–Trinajstić information content (AvgIpc) is 2.92. The van der Waals surface area contributed by atoms with Gasteiger partial charge in [-0.15, -0.1) is 0 Å². The number of benzene rings is 1. The Morgan fingerprint density at radius 1 is 1.08 bits per heavy atom. The number of imide groups is 1. The van der Waals surface area contributed by atoms with Crippen LogP contribution in [0.4, 0.5) is 5.69 Å². The summed E-state index contributed by atoms with van der Waals surface area (Å²) in [6.07, 6.45) is 6.05. The molecule has 0 unspecified atom stereocenters. The van der Waals surface area contributed by atoms with E-state index in [0.717, 1.165) is 23.5 Å². The summed E-state index contributed by atoms with van der Waals surface area (Å²) in [5, 5.41) is 2.74.